The van der Waals surface area contributed by atoms with Gasteiger partial charge in [-0.1, -0.05) is 24.6 Å². The fourth-order valence-corrected chi connectivity index (χ4v) is 6.37. The van der Waals surface area contributed by atoms with Crippen molar-refractivity contribution in [3.63, 3.8) is 0 Å². The van der Waals surface area contributed by atoms with Crippen LogP contribution in [-0.2, 0) is 4.74 Å². The SMILES string of the molecule is O=C(c1ccc(F)cc1)N(CC1CCCC(N2C(=O)c3ccccc3C2=O)C1)c1cccc(OCCN2CCOCC2)c1. The number of amides is 3. The average molecular weight is 586 g/mol. The van der Waals surface area contributed by atoms with Gasteiger partial charge in [0.2, 0.25) is 0 Å². The Balaban J connectivity index is 1.19. The summed E-state index contributed by atoms with van der Waals surface area (Å²) in [6, 6.07) is 19.8. The number of morpholine rings is 1. The molecule has 3 aromatic carbocycles. The van der Waals surface area contributed by atoms with Gasteiger partial charge in [-0.05, 0) is 73.7 Å². The standard InChI is InChI=1S/C34H36FN3O5/c35-26-13-11-25(12-14-26)32(39)37(27-6-4-8-29(22-27)43-20-17-36-15-18-42-19-16-36)23-24-5-3-7-28(21-24)38-33(40)30-9-1-2-10-31(30)34(38)41/h1-2,4,6,8-14,22,24,28H,3,5,7,15-21,23H2. The van der Waals surface area contributed by atoms with E-state index in [0.29, 0.717) is 47.7 Å². The molecule has 6 rings (SSSR count). The highest BCUT2D eigenvalue weighted by molar-refractivity contribution is 6.21. The van der Waals surface area contributed by atoms with Gasteiger partial charge in [-0.25, -0.2) is 4.39 Å². The first kappa shape index (κ1) is 29.0. The molecule has 1 saturated heterocycles. The van der Waals surface area contributed by atoms with Crippen molar-refractivity contribution in [2.24, 2.45) is 5.92 Å². The first-order valence-corrected chi connectivity index (χ1v) is 15.1. The highest BCUT2D eigenvalue weighted by atomic mass is 19.1. The lowest BCUT2D eigenvalue weighted by Crippen LogP contribution is -2.45. The summed E-state index contributed by atoms with van der Waals surface area (Å²) in [6.07, 6.45) is 3.05. The lowest BCUT2D eigenvalue weighted by Gasteiger charge is -2.36. The summed E-state index contributed by atoms with van der Waals surface area (Å²) in [5.74, 6) is -0.420. The number of ether oxygens (including phenoxy) is 2. The zero-order valence-corrected chi connectivity index (χ0v) is 24.1. The fourth-order valence-electron chi connectivity index (χ4n) is 6.37. The minimum absolute atomic E-state index is 0.0540. The van der Waals surface area contributed by atoms with Gasteiger partial charge in [0, 0.05) is 49.5 Å². The van der Waals surface area contributed by atoms with Crippen molar-refractivity contribution in [1.29, 1.82) is 0 Å². The summed E-state index contributed by atoms with van der Waals surface area (Å²) in [5, 5.41) is 0. The average Bonchev–Trinajstić information content (AvgIpc) is 3.30. The van der Waals surface area contributed by atoms with E-state index >= 15 is 0 Å². The second-order valence-corrected chi connectivity index (χ2v) is 11.4. The molecule has 0 N–H and O–H groups in total. The van der Waals surface area contributed by atoms with E-state index in [1.54, 1.807) is 29.2 Å². The monoisotopic (exact) mass is 585 g/mol. The number of carbonyl (C=O) groups excluding carboxylic acids is 3. The molecule has 2 atom stereocenters. The number of rotatable bonds is 9. The predicted molar refractivity (Wildman–Crippen MR) is 160 cm³/mol. The maximum atomic E-state index is 13.9. The second-order valence-electron chi connectivity index (χ2n) is 11.4. The summed E-state index contributed by atoms with van der Waals surface area (Å²) < 4.78 is 25.2. The molecule has 0 bridgehead atoms. The number of anilines is 1. The topological polar surface area (TPSA) is 79.4 Å². The molecular formula is C34H36FN3O5. The molecule has 0 aromatic heterocycles. The summed E-state index contributed by atoms with van der Waals surface area (Å²) >= 11 is 0. The Morgan fingerprint density at radius 2 is 1.65 bits per heavy atom. The van der Waals surface area contributed by atoms with Crippen LogP contribution in [-0.4, -0.2) is 79.6 Å². The van der Waals surface area contributed by atoms with Gasteiger partial charge in [0.1, 0.15) is 18.2 Å². The number of benzene rings is 3. The number of carbonyl (C=O) groups is 3. The Morgan fingerprint density at radius 1 is 0.930 bits per heavy atom. The third kappa shape index (κ3) is 6.48. The molecule has 2 unspecified atom stereocenters. The van der Waals surface area contributed by atoms with Crippen LogP contribution >= 0.6 is 0 Å². The number of hydrogen-bond donors (Lipinski definition) is 0. The van der Waals surface area contributed by atoms with E-state index in [0.717, 1.165) is 52.1 Å². The van der Waals surface area contributed by atoms with Crippen molar-refractivity contribution in [3.05, 3.63) is 95.3 Å². The molecule has 224 valence electrons. The van der Waals surface area contributed by atoms with Gasteiger partial charge in [0.05, 0.1) is 24.3 Å². The van der Waals surface area contributed by atoms with Gasteiger partial charge in [0.25, 0.3) is 17.7 Å². The van der Waals surface area contributed by atoms with Gasteiger partial charge >= 0.3 is 0 Å². The maximum Gasteiger partial charge on any atom is 0.261 e. The molecule has 2 fully saturated rings. The van der Waals surface area contributed by atoms with Crippen molar-refractivity contribution >= 4 is 23.4 Å². The molecule has 0 spiro atoms. The molecule has 2 heterocycles. The van der Waals surface area contributed by atoms with Crippen molar-refractivity contribution in [3.8, 4) is 5.75 Å². The number of halogens is 1. The van der Waals surface area contributed by atoms with Gasteiger partial charge < -0.3 is 14.4 Å². The van der Waals surface area contributed by atoms with Crippen molar-refractivity contribution in [2.45, 2.75) is 31.7 Å². The molecular weight excluding hydrogens is 549 g/mol. The van der Waals surface area contributed by atoms with Crippen LogP contribution in [0.3, 0.4) is 0 Å². The lowest BCUT2D eigenvalue weighted by atomic mass is 9.84. The lowest BCUT2D eigenvalue weighted by molar-refractivity contribution is 0.0322. The third-order valence-corrected chi connectivity index (χ3v) is 8.63. The highest BCUT2D eigenvalue weighted by Gasteiger charge is 2.41. The minimum Gasteiger partial charge on any atom is -0.492 e. The molecule has 3 aliphatic rings. The first-order chi connectivity index (χ1) is 21.0. The van der Waals surface area contributed by atoms with Crippen LogP contribution in [0, 0.1) is 11.7 Å². The van der Waals surface area contributed by atoms with Crippen LogP contribution in [0.5, 0.6) is 5.75 Å². The number of nitrogens with zero attached hydrogens (tertiary/aromatic N) is 3. The smallest absolute Gasteiger partial charge is 0.261 e. The molecule has 2 aliphatic heterocycles. The summed E-state index contributed by atoms with van der Waals surface area (Å²) in [4.78, 5) is 45.7. The second kappa shape index (κ2) is 13.1. The Hall–Kier alpha value is -4.08. The molecule has 3 amide bonds. The Morgan fingerprint density at radius 3 is 2.37 bits per heavy atom. The van der Waals surface area contributed by atoms with Crippen molar-refractivity contribution in [1.82, 2.24) is 9.80 Å². The van der Waals surface area contributed by atoms with E-state index in [9.17, 15) is 18.8 Å². The van der Waals surface area contributed by atoms with Crippen LogP contribution in [0.1, 0.15) is 56.8 Å². The summed E-state index contributed by atoms with van der Waals surface area (Å²) in [5.41, 5.74) is 1.97. The molecule has 9 heteroatoms. The number of imide groups is 1. The Kier molecular flexibility index (Phi) is 8.81. The van der Waals surface area contributed by atoms with Crippen LogP contribution < -0.4 is 9.64 Å². The zero-order chi connectivity index (χ0) is 29.8. The molecule has 3 aromatic rings. The van der Waals surface area contributed by atoms with Crippen molar-refractivity contribution < 1.29 is 28.2 Å². The normalized spacial score (nSPS) is 20.6. The molecule has 43 heavy (non-hydrogen) atoms. The summed E-state index contributed by atoms with van der Waals surface area (Å²) in [7, 11) is 0. The molecule has 1 saturated carbocycles. The van der Waals surface area contributed by atoms with Gasteiger partial charge in [-0.3, -0.25) is 24.2 Å². The zero-order valence-electron chi connectivity index (χ0n) is 24.1. The Labute approximate surface area is 251 Å². The third-order valence-electron chi connectivity index (χ3n) is 8.63. The molecule has 1 aliphatic carbocycles. The first-order valence-electron chi connectivity index (χ1n) is 15.1. The molecule has 8 nitrogen and oxygen atoms in total. The quantitative estimate of drug-likeness (QED) is 0.328. The maximum absolute atomic E-state index is 13.9. The van der Waals surface area contributed by atoms with E-state index in [-0.39, 0.29) is 29.7 Å². The van der Waals surface area contributed by atoms with E-state index in [2.05, 4.69) is 4.90 Å². The minimum atomic E-state index is -0.408. The highest BCUT2D eigenvalue weighted by Crippen LogP contribution is 2.35. The van der Waals surface area contributed by atoms with Crippen LogP contribution in [0.25, 0.3) is 0 Å². The predicted octanol–water partition coefficient (Wildman–Crippen LogP) is 5.04. The van der Waals surface area contributed by atoms with Gasteiger partial charge in [-0.2, -0.15) is 0 Å². The van der Waals surface area contributed by atoms with E-state index in [4.69, 9.17) is 9.47 Å². The fraction of sp³-hybridized carbons (Fsp3) is 0.382. The van der Waals surface area contributed by atoms with Crippen molar-refractivity contribution in [2.75, 3.05) is 50.9 Å². The molecule has 0 radical (unpaired) electrons. The number of hydrogen-bond acceptors (Lipinski definition) is 6. The number of fused-ring (bicyclic) bond motifs is 1. The van der Waals surface area contributed by atoms with Gasteiger partial charge in [-0.15, -0.1) is 0 Å². The van der Waals surface area contributed by atoms with E-state index in [1.807, 2.05) is 24.3 Å². The van der Waals surface area contributed by atoms with Crippen LogP contribution in [0.4, 0.5) is 10.1 Å². The largest absolute Gasteiger partial charge is 0.492 e. The Bertz CT molecular complexity index is 1440. The summed E-state index contributed by atoms with van der Waals surface area (Å²) in [6.45, 7) is 4.91. The van der Waals surface area contributed by atoms with E-state index in [1.165, 1.54) is 29.2 Å². The van der Waals surface area contributed by atoms with Gasteiger partial charge in [0.15, 0.2) is 0 Å². The van der Waals surface area contributed by atoms with E-state index < -0.39 is 5.82 Å². The van der Waals surface area contributed by atoms with Crippen LogP contribution in [0.15, 0.2) is 72.8 Å². The van der Waals surface area contributed by atoms with Crippen LogP contribution in [0.2, 0.25) is 0 Å².